The largest absolute Gasteiger partial charge is 0.444 e. The molecule has 0 spiro atoms. The lowest BCUT2D eigenvalue weighted by molar-refractivity contribution is -0.384. The van der Waals surface area contributed by atoms with Gasteiger partial charge >= 0.3 is 6.09 Å². The second-order valence-electron chi connectivity index (χ2n) is 18.7. The fraction of sp³-hybridized carbons (Fsp3) is 0.408. The van der Waals surface area contributed by atoms with E-state index in [4.69, 9.17) is 20.2 Å². The second kappa shape index (κ2) is 19.5. The Morgan fingerprint density at radius 2 is 1.68 bits per heavy atom. The minimum atomic E-state index is -0.741. The standard InChI is InChI=1S/C32H31N7O2S.C17H22FN3O5/c33-29-25-17-41-16-24(25)23-5-1-18(11-26(23)37-29)15-39(32(40)21-13-35-30(36-14-21)19-2-3-19)22-4-6-28-27(12-22)38-31(42-28)20-7-9-34-10-8-20;1-17(2,3)26-16(23)20-8-6-11(7-9-20)15(22)19-14-10-12(21(24)25)4-5-13(14)18/h1,4-6,11-14,19-20,34H,2-3,7-10,15-17H2,(H2,33,37);4-5,10-11H,6-9H2,1-3H3,(H,19,22). The first kappa shape index (κ1) is 46.4. The Morgan fingerprint density at radius 3 is 2.38 bits per heavy atom. The molecule has 0 atom stereocenters. The number of nitro groups is 1. The molecule has 17 nitrogen and oxygen atoms in total. The Balaban J connectivity index is 0.000000192. The molecule has 3 amide bonds. The van der Waals surface area contributed by atoms with Gasteiger partial charge in [0.25, 0.3) is 11.6 Å². The number of non-ortho nitro benzene ring substituents is 1. The van der Waals surface area contributed by atoms with Crippen LogP contribution in [0.25, 0.3) is 21.1 Å². The van der Waals surface area contributed by atoms with Gasteiger partial charge in [-0.2, -0.15) is 0 Å². The molecule has 354 valence electrons. The summed E-state index contributed by atoms with van der Waals surface area (Å²) in [4.78, 5) is 70.6. The predicted octanol–water partition coefficient (Wildman–Crippen LogP) is 8.76. The quantitative estimate of drug-likeness (QED) is 0.0913. The van der Waals surface area contributed by atoms with Crippen LogP contribution in [-0.2, 0) is 34.0 Å². The second-order valence-corrected chi connectivity index (χ2v) is 19.7. The van der Waals surface area contributed by atoms with E-state index in [-0.39, 0.29) is 17.3 Å². The zero-order chi connectivity index (χ0) is 47.7. The van der Waals surface area contributed by atoms with Gasteiger partial charge in [-0.15, -0.1) is 11.3 Å². The van der Waals surface area contributed by atoms with Crippen LogP contribution in [0.5, 0.6) is 0 Å². The zero-order valence-electron chi connectivity index (χ0n) is 38.1. The first-order valence-electron chi connectivity index (χ1n) is 22.9. The Bertz CT molecular complexity index is 2890. The molecule has 6 aromatic rings. The number of ether oxygens (including phenoxy) is 2. The number of nitrogens with one attached hydrogen (secondary N) is 2. The number of halogens is 1. The van der Waals surface area contributed by atoms with Gasteiger partial charge in [0.15, 0.2) is 0 Å². The van der Waals surface area contributed by atoms with Crippen molar-refractivity contribution in [3.05, 3.63) is 116 Å². The first-order chi connectivity index (χ1) is 32.7. The van der Waals surface area contributed by atoms with E-state index in [0.29, 0.717) is 68.9 Å². The normalized spacial score (nSPS) is 16.5. The fourth-order valence-corrected chi connectivity index (χ4v) is 9.81. The van der Waals surface area contributed by atoms with Gasteiger partial charge in [0, 0.05) is 72.0 Å². The van der Waals surface area contributed by atoms with E-state index in [0.717, 1.165) is 106 Å². The van der Waals surface area contributed by atoms with Crippen molar-refractivity contribution >= 4 is 73.2 Å². The van der Waals surface area contributed by atoms with Crippen LogP contribution in [-0.4, -0.2) is 79.4 Å². The van der Waals surface area contributed by atoms with Crippen molar-refractivity contribution in [1.82, 2.24) is 30.2 Å². The van der Waals surface area contributed by atoms with Crippen LogP contribution in [0.15, 0.2) is 67.0 Å². The number of anilines is 3. The molecule has 4 aliphatic rings. The van der Waals surface area contributed by atoms with Crippen molar-refractivity contribution in [2.75, 3.05) is 42.1 Å². The minimum Gasteiger partial charge on any atom is -0.444 e. The van der Waals surface area contributed by atoms with Gasteiger partial charge in [0.2, 0.25) is 5.91 Å². The predicted molar refractivity (Wildman–Crippen MR) is 256 cm³/mol. The summed E-state index contributed by atoms with van der Waals surface area (Å²) in [5, 5.41) is 18.8. The monoisotopic (exact) mass is 944 g/mol. The molecule has 3 fully saturated rings. The molecule has 1 saturated carbocycles. The van der Waals surface area contributed by atoms with Crippen LogP contribution in [0.3, 0.4) is 0 Å². The Hall–Kier alpha value is -6.70. The number of likely N-dealkylation sites (tertiary alicyclic amines) is 1. The number of pyridine rings is 1. The average molecular weight is 945 g/mol. The van der Waals surface area contributed by atoms with Gasteiger partial charge < -0.3 is 35.6 Å². The number of nitrogen functional groups attached to an aromatic ring is 1. The summed E-state index contributed by atoms with van der Waals surface area (Å²) >= 11 is 1.76. The van der Waals surface area contributed by atoms with Crippen LogP contribution >= 0.6 is 11.3 Å². The summed E-state index contributed by atoms with van der Waals surface area (Å²) in [5.41, 5.74) is 11.2. The van der Waals surface area contributed by atoms with Gasteiger partial charge in [-0.05, 0) is 114 Å². The number of aromatic nitrogens is 4. The van der Waals surface area contributed by atoms with Crippen molar-refractivity contribution in [3.63, 3.8) is 0 Å². The number of nitrogens with zero attached hydrogens (tertiary/aromatic N) is 7. The molecule has 10 rings (SSSR count). The summed E-state index contributed by atoms with van der Waals surface area (Å²) in [6.07, 6.45) is 8.14. The maximum atomic E-state index is 14.1. The van der Waals surface area contributed by atoms with E-state index in [1.807, 2.05) is 18.2 Å². The van der Waals surface area contributed by atoms with Gasteiger partial charge in [-0.25, -0.2) is 29.1 Å². The van der Waals surface area contributed by atoms with Crippen molar-refractivity contribution in [3.8, 4) is 0 Å². The molecule has 4 N–H and O–H groups in total. The molecule has 0 unspecified atom stereocenters. The number of nitrogens with two attached hydrogens (primary N) is 1. The number of hydrogen-bond acceptors (Lipinski definition) is 14. The average Bonchev–Trinajstić information content (AvgIpc) is 3.89. The van der Waals surface area contributed by atoms with E-state index in [1.165, 1.54) is 9.91 Å². The third-order valence-electron chi connectivity index (χ3n) is 12.6. The Morgan fingerprint density at radius 1 is 0.941 bits per heavy atom. The zero-order valence-corrected chi connectivity index (χ0v) is 38.9. The molecule has 2 saturated heterocycles. The molecule has 68 heavy (non-hydrogen) atoms. The third-order valence-corrected chi connectivity index (χ3v) is 13.8. The van der Waals surface area contributed by atoms with Crippen molar-refractivity contribution in [2.45, 2.75) is 96.5 Å². The molecule has 0 radical (unpaired) electrons. The van der Waals surface area contributed by atoms with E-state index < -0.39 is 34.3 Å². The van der Waals surface area contributed by atoms with E-state index in [1.54, 1.807) is 49.4 Å². The summed E-state index contributed by atoms with van der Waals surface area (Å²) in [7, 11) is 0. The molecule has 3 aromatic heterocycles. The van der Waals surface area contributed by atoms with Crippen LogP contribution < -0.4 is 21.3 Å². The number of carbonyl (C=O) groups excluding carboxylic acids is 3. The van der Waals surface area contributed by atoms with Gasteiger partial charge in [-0.1, -0.05) is 12.1 Å². The number of amides is 3. The number of rotatable bonds is 9. The number of hydrogen-bond donors (Lipinski definition) is 3. The van der Waals surface area contributed by atoms with Crippen molar-refractivity contribution in [2.24, 2.45) is 5.92 Å². The van der Waals surface area contributed by atoms with Gasteiger partial charge in [0.05, 0.1) is 56.7 Å². The fourth-order valence-electron chi connectivity index (χ4n) is 8.69. The topological polar surface area (TPSA) is 221 Å². The number of fused-ring (bicyclic) bond motifs is 4. The van der Waals surface area contributed by atoms with Crippen LogP contribution in [0, 0.1) is 21.8 Å². The van der Waals surface area contributed by atoms with Crippen molar-refractivity contribution in [1.29, 1.82) is 0 Å². The highest BCUT2D eigenvalue weighted by molar-refractivity contribution is 7.18. The minimum absolute atomic E-state index is 0.152. The molecular formula is C49H53FN10O7S. The van der Waals surface area contributed by atoms with Crippen LogP contribution in [0.2, 0.25) is 0 Å². The summed E-state index contributed by atoms with van der Waals surface area (Å²) < 4.78 is 25.9. The Kier molecular flexibility index (Phi) is 13.3. The lowest BCUT2D eigenvalue weighted by Crippen LogP contribution is -2.43. The molecule has 0 bridgehead atoms. The molecule has 1 aliphatic carbocycles. The van der Waals surface area contributed by atoms with Crippen molar-refractivity contribution < 1.29 is 33.2 Å². The van der Waals surface area contributed by atoms with Crippen LogP contribution in [0.1, 0.15) is 109 Å². The Labute approximate surface area is 395 Å². The molecule has 6 heterocycles. The molecular weight excluding hydrogens is 892 g/mol. The summed E-state index contributed by atoms with van der Waals surface area (Å²) in [6.45, 7) is 9.46. The molecule has 3 aromatic carbocycles. The molecule has 3 aliphatic heterocycles. The SMILES string of the molecule is CC(C)(C)OC(=O)N1CCC(C(=O)Nc2cc([N+](=O)[O-])ccc2F)CC1.Nc1nc2cc(CN(C(=O)c3cnc(C4CC4)nc3)c3ccc4sc(C5CCNCC5)nc4c3)ccc2c2c1COC2. The highest BCUT2D eigenvalue weighted by Crippen LogP contribution is 2.38. The van der Waals surface area contributed by atoms with Crippen LogP contribution in [0.4, 0.5) is 32.1 Å². The van der Waals surface area contributed by atoms with Gasteiger partial charge in [-0.3, -0.25) is 19.7 Å². The lowest BCUT2D eigenvalue weighted by Gasteiger charge is -2.32. The summed E-state index contributed by atoms with van der Waals surface area (Å²) in [5.74, 6) is 0.511. The number of benzene rings is 3. The maximum Gasteiger partial charge on any atom is 0.410 e. The number of carbonyl (C=O) groups is 3. The highest BCUT2D eigenvalue weighted by atomic mass is 32.1. The van der Waals surface area contributed by atoms with E-state index in [9.17, 15) is 28.9 Å². The molecule has 19 heteroatoms. The third kappa shape index (κ3) is 10.5. The first-order valence-corrected chi connectivity index (χ1v) is 23.7. The van der Waals surface area contributed by atoms with Gasteiger partial charge in [0.1, 0.15) is 23.1 Å². The highest BCUT2D eigenvalue weighted by Gasteiger charge is 2.31. The number of piperidine rings is 2. The maximum absolute atomic E-state index is 14.1. The summed E-state index contributed by atoms with van der Waals surface area (Å²) in [6, 6.07) is 15.3. The number of nitro benzene ring substituents is 1. The smallest absolute Gasteiger partial charge is 0.410 e. The van der Waals surface area contributed by atoms with E-state index >= 15 is 0 Å². The number of thiazole rings is 1. The van der Waals surface area contributed by atoms with E-state index in [2.05, 4.69) is 43.8 Å². The lowest BCUT2D eigenvalue weighted by atomic mass is 9.96.